The first-order valence-electron chi connectivity index (χ1n) is 5.58. The van der Waals surface area contributed by atoms with Crippen LogP contribution in [0.15, 0.2) is 24.3 Å². The van der Waals surface area contributed by atoms with Crippen molar-refractivity contribution in [2.75, 3.05) is 7.11 Å². The fraction of sp³-hybridized carbons (Fsp3) is 0.333. The van der Waals surface area contributed by atoms with E-state index < -0.39 is 0 Å². The lowest BCUT2D eigenvalue weighted by Gasteiger charge is -2.15. The van der Waals surface area contributed by atoms with Gasteiger partial charge in [-0.2, -0.15) is 5.10 Å². The summed E-state index contributed by atoms with van der Waals surface area (Å²) in [6.45, 7) is 1.86. The Morgan fingerprint density at radius 1 is 1.44 bits per heavy atom. The van der Waals surface area contributed by atoms with E-state index in [2.05, 4.69) is 10.2 Å². The first-order valence-corrected chi connectivity index (χ1v) is 5.98. The van der Waals surface area contributed by atoms with Crippen molar-refractivity contribution in [2.45, 2.75) is 19.6 Å². The number of hydrogen-bond acceptors (Lipinski definition) is 4. The number of hydrogen-bond donors (Lipinski definition) is 2. The second-order valence-corrected chi connectivity index (χ2v) is 4.31. The number of benzene rings is 1. The van der Waals surface area contributed by atoms with Crippen molar-refractivity contribution in [3.05, 3.63) is 40.4 Å². The van der Waals surface area contributed by atoms with Crippen LogP contribution in [0.1, 0.15) is 24.4 Å². The summed E-state index contributed by atoms with van der Waals surface area (Å²) in [5.41, 5.74) is 1.07. The van der Waals surface area contributed by atoms with Gasteiger partial charge in [0.15, 0.2) is 10.6 Å². The van der Waals surface area contributed by atoms with Crippen molar-refractivity contribution >= 4 is 12.2 Å². The van der Waals surface area contributed by atoms with Crippen molar-refractivity contribution in [1.29, 1.82) is 0 Å². The molecule has 0 aliphatic rings. The maximum Gasteiger partial charge on any atom is 0.195 e. The van der Waals surface area contributed by atoms with Gasteiger partial charge in [-0.15, -0.1) is 0 Å². The standard InChI is InChI=1S/C12H15N3O2S/c1-8(9-3-5-10(17-2)6-4-9)15-11(7-16)13-14-12(15)18/h3-6,8,16H,7H2,1-2H3,(H,14,18). The number of rotatable bonds is 4. The van der Waals surface area contributed by atoms with Gasteiger partial charge >= 0.3 is 0 Å². The third-order valence-electron chi connectivity index (χ3n) is 2.90. The minimum atomic E-state index is -0.145. The van der Waals surface area contributed by atoms with Gasteiger partial charge < -0.3 is 9.84 Å². The molecule has 1 unspecified atom stereocenters. The lowest BCUT2D eigenvalue weighted by Crippen LogP contribution is -2.11. The van der Waals surface area contributed by atoms with Gasteiger partial charge in [0.25, 0.3) is 0 Å². The van der Waals surface area contributed by atoms with Crippen molar-refractivity contribution in [3.8, 4) is 5.75 Å². The van der Waals surface area contributed by atoms with Crippen LogP contribution in [-0.2, 0) is 6.61 Å². The molecule has 2 N–H and O–H groups in total. The van der Waals surface area contributed by atoms with E-state index in [1.54, 1.807) is 11.7 Å². The summed E-state index contributed by atoms with van der Waals surface area (Å²) in [5.74, 6) is 1.34. The number of methoxy groups -OCH3 is 1. The van der Waals surface area contributed by atoms with Gasteiger partial charge in [0.05, 0.1) is 13.2 Å². The SMILES string of the molecule is COc1ccc(C(C)n2c(CO)n[nH]c2=S)cc1. The Bertz CT molecular complexity index is 574. The second kappa shape index (κ2) is 5.32. The van der Waals surface area contributed by atoms with Crippen LogP contribution in [0, 0.1) is 4.77 Å². The maximum atomic E-state index is 9.24. The maximum absolute atomic E-state index is 9.24. The van der Waals surface area contributed by atoms with Gasteiger partial charge in [-0.3, -0.25) is 9.67 Å². The number of aliphatic hydroxyl groups is 1. The third kappa shape index (κ3) is 2.30. The van der Waals surface area contributed by atoms with Gasteiger partial charge in [-0.1, -0.05) is 12.1 Å². The van der Waals surface area contributed by atoms with E-state index in [4.69, 9.17) is 17.0 Å². The molecular weight excluding hydrogens is 250 g/mol. The molecule has 0 aliphatic heterocycles. The minimum absolute atomic E-state index is 0.00399. The number of nitrogens with zero attached hydrogens (tertiary/aromatic N) is 2. The summed E-state index contributed by atoms with van der Waals surface area (Å²) in [6.07, 6.45) is 0. The van der Waals surface area contributed by atoms with Crippen molar-refractivity contribution in [2.24, 2.45) is 0 Å². The summed E-state index contributed by atoms with van der Waals surface area (Å²) in [4.78, 5) is 0. The molecule has 0 bridgehead atoms. The molecule has 1 aromatic carbocycles. The fourth-order valence-electron chi connectivity index (χ4n) is 1.88. The Morgan fingerprint density at radius 3 is 2.67 bits per heavy atom. The number of aliphatic hydroxyl groups excluding tert-OH is 1. The predicted octanol–water partition coefficient (Wildman–Crippen LogP) is 2.05. The third-order valence-corrected chi connectivity index (χ3v) is 3.19. The zero-order valence-electron chi connectivity index (χ0n) is 10.3. The molecule has 6 heteroatoms. The van der Waals surface area contributed by atoms with Crippen LogP contribution < -0.4 is 4.74 Å². The molecule has 0 saturated carbocycles. The van der Waals surface area contributed by atoms with Gasteiger partial charge in [-0.25, -0.2) is 0 Å². The topological polar surface area (TPSA) is 63.1 Å². The van der Waals surface area contributed by atoms with Crippen LogP contribution in [0.25, 0.3) is 0 Å². The minimum Gasteiger partial charge on any atom is -0.497 e. The largest absolute Gasteiger partial charge is 0.497 e. The molecule has 0 aliphatic carbocycles. The molecule has 1 aromatic heterocycles. The van der Waals surface area contributed by atoms with Gasteiger partial charge in [0.2, 0.25) is 0 Å². The molecule has 0 saturated heterocycles. The van der Waals surface area contributed by atoms with Crippen LogP contribution in [0.2, 0.25) is 0 Å². The highest BCUT2D eigenvalue weighted by molar-refractivity contribution is 7.71. The van der Waals surface area contributed by atoms with Crippen LogP contribution in [0.3, 0.4) is 0 Å². The fourth-order valence-corrected chi connectivity index (χ4v) is 2.19. The summed E-state index contributed by atoms with van der Waals surface area (Å²) in [6, 6.07) is 7.74. The summed E-state index contributed by atoms with van der Waals surface area (Å²) in [7, 11) is 1.63. The van der Waals surface area contributed by atoms with E-state index in [0.717, 1.165) is 11.3 Å². The monoisotopic (exact) mass is 265 g/mol. The van der Waals surface area contributed by atoms with Gasteiger partial charge in [0.1, 0.15) is 12.4 Å². The van der Waals surface area contributed by atoms with Crippen molar-refractivity contribution in [3.63, 3.8) is 0 Å². The van der Waals surface area contributed by atoms with Gasteiger partial charge in [0, 0.05) is 0 Å². The zero-order valence-corrected chi connectivity index (χ0v) is 11.1. The summed E-state index contributed by atoms with van der Waals surface area (Å²) < 4.78 is 7.43. The number of aromatic nitrogens is 3. The average Bonchev–Trinajstić information content (AvgIpc) is 2.79. The van der Waals surface area contributed by atoms with Gasteiger partial charge in [-0.05, 0) is 36.8 Å². The smallest absolute Gasteiger partial charge is 0.195 e. The molecule has 1 atom stereocenters. The molecule has 0 fully saturated rings. The van der Waals surface area contributed by atoms with Crippen LogP contribution in [-0.4, -0.2) is 27.0 Å². The Balaban J connectivity index is 2.37. The van der Waals surface area contributed by atoms with Crippen molar-refractivity contribution < 1.29 is 9.84 Å². The molecule has 2 aromatic rings. The first-order chi connectivity index (χ1) is 8.67. The van der Waals surface area contributed by atoms with E-state index in [1.165, 1.54) is 0 Å². The highest BCUT2D eigenvalue weighted by Gasteiger charge is 2.13. The van der Waals surface area contributed by atoms with E-state index in [0.29, 0.717) is 10.6 Å². The second-order valence-electron chi connectivity index (χ2n) is 3.92. The Hall–Kier alpha value is -1.66. The molecule has 96 valence electrons. The molecule has 1 heterocycles. The Kier molecular flexibility index (Phi) is 3.78. The van der Waals surface area contributed by atoms with Crippen LogP contribution in [0.5, 0.6) is 5.75 Å². The molecule has 0 spiro atoms. The quantitative estimate of drug-likeness (QED) is 0.831. The number of H-pyrrole nitrogens is 1. The molecule has 0 amide bonds. The number of aromatic amines is 1. The number of ether oxygens (including phenoxy) is 1. The lowest BCUT2D eigenvalue weighted by molar-refractivity contribution is 0.263. The summed E-state index contributed by atoms with van der Waals surface area (Å²) >= 11 is 5.17. The highest BCUT2D eigenvalue weighted by Crippen LogP contribution is 2.22. The van der Waals surface area contributed by atoms with E-state index in [9.17, 15) is 5.11 Å². The zero-order chi connectivity index (χ0) is 13.1. The molecule has 18 heavy (non-hydrogen) atoms. The molecular formula is C12H15N3O2S. The Labute approximate surface area is 110 Å². The predicted molar refractivity (Wildman–Crippen MR) is 70.1 cm³/mol. The average molecular weight is 265 g/mol. The molecule has 2 rings (SSSR count). The molecule has 0 radical (unpaired) electrons. The van der Waals surface area contributed by atoms with E-state index in [-0.39, 0.29) is 12.6 Å². The highest BCUT2D eigenvalue weighted by atomic mass is 32.1. The number of nitrogens with one attached hydrogen (secondary N) is 1. The van der Waals surface area contributed by atoms with E-state index in [1.807, 2.05) is 31.2 Å². The van der Waals surface area contributed by atoms with Crippen LogP contribution in [0.4, 0.5) is 0 Å². The summed E-state index contributed by atoms with van der Waals surface area (Å²) in [5, 5.41) is 15.9. The lowest BCUT2D eigenvalue weighted by atomic mass is 10.1. The molecule has 5 nitrogen and oxygen atoms in total. The van der Waals surface area contributed by atoms with Crippen LogP contribution >= 0.6 is 12.2 Å². The van der Waals surface area contributed by atoms with Crippen molar-refractivity contribution in [1.82, 2.24) is 14.8 Å². The Morgan fingerprint density at radius 2 is 2.11 bits per heavy atom. The normalized spacial score (nSPS) is 12.4. The first kappa shape index (κ1) is 12.8. The van der Waals surface area contributed by atoms with E-state index >= 15 is 0 Å².